The van der Waals surface area contributed by atoms with Gasteiger partial charge < -0.3 is 4.43 Å². The van der Waals surface area contributed by atoms with Crippen LogP contribution in [0.25, 0.3) is 0 Å². The molecule has 0 spiro atoms. The molecule has 0 atom stereocenters. The van der Waals surface area contributed by atoms with Gasteiger partial charge in [0.2, 0.25) is 0 Å². The Labute approximate surface area is 94.8 Å². The molecular formula is C12H24O2Si. The second-order valence-electron chi connectivity index (χ2n) is 5.69. The summed E-state index contributed by atoms with van der Waals surface area (Å²) in [7, 11) is -1.72. The van der Waals surface area contributed by atoms with E-state index in [1.807, 2.05) is 13.8 Å². The van der Waals surface area contributed by atoms with Crippen molar-refractivity contribution >= 4 is 14.6 Å². The van der Waals surface area contributed by atoms with Gasteiger partial charge in [0.25, 0.3) is 0 Å². The van der Waals surface area contributed by atoms with Crippen molar-refractivity contribution < 1.29 is 9.22 Å². The summed E-state index contributed by atoms with van der Waals surface area (Å²) in [6, 6.07) is 0. The van der Waals surface area contributed by atoms with Crippen LogP contribution < -0.4 is 0 Å². The lowest BCUT2D eigenvalue weighted by Crippen LogP contribution is -2.41. The molecule has 0 fully saturated rings. The molecule has 0 N–H and O–H groups in total. The van der Waals surface area contributed by atoms with Crippen LogP contribution in [-0.4, -0.2) is 21.2 Å². The van der Waals surface area contributed by atoms with Crippen LogP contribution in [0.5, 0.6) is 0 Å². The van der Waals surface area contributed by atoms with Crippen molar-refractivity contribution in [2.45, 2.75) is 52.8 Å². The van der Waals surface area contributed by atoms with E-state index in [2.05, 4.69) is 33.9 Å². The van der Waals surface area contributed by atoms with Gasteiger partial charge in [-0.1, -0.05) is 26.3 Å². The van der Waals surface area contributed by atoms with E-state index in [1.54, 1.807) is 0 Å². The molecule has 0 aromatic rings. The van der Waals surface area contributed by atoms with E-state index in [0.717, 1.165) is 17.4 Å². The molecule has 88 valence electrons. The lowest BCUT2D eigenvalue weighted by atomic mass is 10.2. The first-order valence-corrected chi connectivity index (χ1v) is 8.28. The Balaban J connectivity index is 4.53. The fourth-order valence-corrected chi connectivity index (χ4v) is 1.72. The Morgan fingerprint density at radius 2 is 1.73 bits per heavy atom. The topological polar surface area (TPSA) is 26.3 Å². The van der Waals surface area contributed by atoms with Crippen LogP contribution in [-0.2, 0) is 9.22 Å². The minimum Gasteiger partial charge on any atom is -0.412 e. The number of hydrogen-bond acceptors (Lipinski definition) is 2. The van der Waals surface area contributed by atoms with Gasteiger partial charge in [-0.15, -0.1) is 0 Å². The molecule has 0 saturated heterocycles. The lowest BCUT2D eigenvalue weighted by molar-refractivity contribution is -0.105. The highest BCUT2D eigenvalue weighted by Crippen LogP contribution is 2.36. The second kappa shape index (κ2) is 5.08. The van der Waals surface area contributed by atoms with E-state index < -0.39 is 8.32 Å². The van der Waals surface area contributed by atoms with Gasteiger partial charge in [0.15, 0.2) is 8.32 Å². The van der Waals surface area contributed by atoms with E-state index in [0.29, 0.717) is 6.61 Å². The van der Waals surface area contributed by atoms with Crippen LogP contribution in [0, 0.1) is 0 Å². The predicted octanol–water partition coefficient (Wildman–Crippen LogP) is 3.54. The van der Waals surface area contributed by atoms with Gasteiger partial charge >= 0.3 is 0 Å². The lowest BCUT2D eigenvalue weighted by Gasteiger charge is -2.36. The molecule has 0 unspecified atom stereocenters. The molecule has 0 aromatic heterocycles. The molecule has 2 nitrogen and oxygen atoms in total. The average Bonchev–Trinajstić information content (AvgIpc) is 2.02. The Kier molecular flexibility index (Phi) is 4.94. The van der Waals surface area contributed by atoms with E-state index in [9.17, 15) is 4.79 Å². The van der Waals surface area contributed by atoms with Gasteiger partial charge in [-0.05, 0) is 32.0 Å². The SMILES string of the molecule is CC(C)=C(C=O)CO[Si](C)(C)C(C)(C)C. The zero-order valence-electron chi connectivity index (χ0n) is 11.1. The summed E-state index contributed by atoms with van der Waals surface area (Å²) in [6.07, 6.45) is 0.905. The second-order valence-corrected chi connectivity index (χ2v) is 10.5. The number of carbonyl (C=O) groups excluding carboxylic acids is 1. The first-order chi connectivity index (χ1) is 6.62. The van der Waals surface area contributed by atoms with E-state index in [1.165, 1.54) is 0 Å². The number of allylic oxidation sites excluding steroid dienone is 1. The molecule has 0 heterocycles. The van der Waals surface area contributed by atoms with Gasteiger partial charge in [-0.25, -0.2) is 0 Å². The van der Waals surface area contributed by atoms with Crippen molar-refractivity contribution in [1.82, 2.24) is 0 Å². The van der Waals surface area contributed by atoms with Crippen molar-refractivity contribution in [1.29, 1.82) is 0 Å². The normalized spacial score (nSPS) is 12.5. The summed E-state index contributed by atoms with van der Waals surface area (Å²) < 4.78 is 5.96. The van der Waals surface area contributed by atoms with Crippen LogP contribution in [0.15, 0.2) is 11.1 Å². The zero-order valence-corrected chi connectivity index (χ0v) is 12.1. The van der Waals surface area contributed by atoms with Crippen LogP contribution in [0.4, 0.5) is 0 Å². The summed E-state index contributed by atoms with van der Waals surface area (Å²) >= 11 is 0. The number of rotatable bonds is 4. The summed E-state index contributed by atoms with van der Waals surface area (Å²) in [5, 5.41) is 0.197. The summed E-state index contributed by atoms with van der Waals surface area (Å²) in [5.41, 5.74) is 1.82. The predicted molar refractivity (Wildman–Crippen MR) is 67.6 cm³/mol. The molecule has 15 heavy (non-hydrogen) atoms. The largest absolute Gasteiger partial charge is 0.412 e. The van der Waals surface area contributed by atoms with Gasteiger partial charge in [-0.2, -0.15) is 0 Å². The van der Waals surface area contributed by atoms with Gasteiger partial charge in [0.05, 0.1) is 6.61 Å². The highest BCUT2D eigenvalue weighted by molar-refractivity contribution is 6.74. The van der Waals surface area contributed by atoms with E-state index in [4.69, 9.17) is 4.43 Å². The molecule has 0 radical (unpaired) electrons. The summed E-state index contributed by atoms with van der Waals surface area (Å²) in [6.45, 7) is 15.3. The minimum atomic E-state index is -1.72. The van der Waals surface area contributed by atoms with Crippen LogP contribution in [0.2, 0.25) is 18.1 Å². The van der Waals surface area contributed by atoms with Crippen molar-refractivity contribution in [2.75, 3.05) is 6.61 Å². The fraction of sp³-hybridized carbons (Fsp3) is 0.750. The standard InChI is InChI=1S/C12H24O2Si/c1-10(2)11(8-13)9-14-15(6,7)12(3,4)5/h8H,9H2,1-7H3. The Morgan fingerprint density at radius 3 is 2.00 bits per heavy atom. The molecule has 0 rings (SSSR count). The summed E-state index contributed by atoms with van der Waals surface area (Å²) in [4.78, 5) is 10.8. The Bertz CT molecular complexity index is 255. The molecule has 0 aromatic carbocycles. The van der Waals surface area contributed by atoms with Crippen molar-refractivity contribution in [2.24, 2.45) is 0 Å². The third-order valence-electron chi connectivity index (χ3n) is 3.18. The van der Waals surface area contributed by atoms with Crippen molar-refractivity contribution in [3.63, 3.8) is 0 Å². The molecule has 0 aliphatic carbocycles. The molecule has 0 aliphatic heterocycles. The van der Waals surface area contributed by atoms with Crippen LogP contribution in [0.1, 0.15) is 34.6 Å². The third-order valence-corrected chi connectivity index (χ3v) is 7.66. The third kappa shape index (κ3) is 4.30. The van der Waals surface area contributed by atoms with Crippen molar-refractivity contribution in [3.8, 4) is 0 Å². The van der Waals surface area contributed by atoms with Crippen LogP contribution >= 0.6 is 0 Å². The van der Waals surface area contributed by atoms with Crippen LogP contribution in [0.3, 0.4) is 0 Å². The molecule has 3 heteroatoms. The minimum absolute atomic E-state index is 0.197. The maximum absolute atomic E-state index is 10.8. The van der Waals surface area contributed by atoms with E-state index >= 15 is 0 Å². The van der Waals surface area contributed by atoms with Crippen molar-refractivity contribution in [3.05, 3.63) is 11.1 Å². The first-order valence-electron chi connectivity index (χ1n) is 5.37. The number of hydrogen-bond donors (Lipinski definition) is 0. The maximum atomic E-state index is 10.8. The van der Waals surface area contributed by atoms with Gasteiger partial charge in [-0.3, -0.25) is 4.79 Å². The van der Waals surface area contributed by atoms with E-state index in [-0.39, 0.29) is 5.04 Å². The fourth-order valence-electron chi connectivity index (χ4n) is 0.771. The number of aldehydes is 1. The molecule has 0 saturated carbocycles. The molecule has 0 bridgehead atoms. The Hall–Kier alpha value is -0.413. The highest BCUT2D eigenvalue weighted by atomic mass is 28.4. The zero-order chi connectivity index (χ0) is 12.3. The highest BCUT2D eigenvalue weighted by Gasteiger charge is 2.37. The molecular weight excluding hydrogens is 204 g/mol. The summed E-state index contributed by atoms with van der Waals surface area (Å²) in [5.74, 6) is 0. The first kappa shape index (κ1) is 14.6. The maximum Gasteiger partial charge on any atom is 0.192 e. The Morgan fingerprint density at radius 1 is 1.27 bits per heavy atom. The van der Waals surface area contributed by atoms with Gasteiger partial charge in [0.1, 0.15) is 6.29 Å². The smallest absolute Gasteiger partial charge is 0.192 e. The number of carbonyl (C=O) groups is 1. The quantitative estimate of drug-likeness (QED) is 0.418. The molecule has 0 aliphatic rings. The average molecular weight is 228 g/mol. The molecule has 0 amide bonds. The monoisotopic (exact) mass is 228 g/mol. The van der Waals surface area contributed by atoms with Gasteiger partial charge in [0, 0.05) is 5.57 Å².